The number of anilines is 2. The van der Waals surface area contributed by atoms with Gasteiger partial charge in [-0.05, 0) is 37.3 Å². The first-order chi connectivity index (χ1) is 11.5. The number of aryl methyl sites for hydroxylation is 1. The van der Waals surface area contributed by atoms with Crippen molar-refractivity contribution in [3.8, 4) is 6.07 Å². The van der Waals surface area contributed by atoms with E-state index in [2.05, 4.69) is 5.32 Å². The highest BCUT2D eigenvalue weighted by Crippen LogP contribution is 2.30. The molecule has 0 radical (unpaired) electrons. The summed E-state index contributed by atoms with van der Waals surface area (Å²) in [5, 5.41) is 11.0. The fourth-order valence-electron chi connectivity index (χ4n) is 2.52. The first kappa shape index (κ1) is 15.4. The summed E-state index contributed by atoms with van der Waals surface area (Å²) in [7, 11) is 0. The zero-order valence-electron chi connectivity index (χ0n) is 12.9. The summed E-state index contributed by atoms with van der Waals surface area (Å²) in [5.74, 6) is -1.30. The van der Waals surface area contributed by atoms with Crippen LogP contribution in [0.4, 0.5) is 11.4 Å². The Labute approximate surface area is 138 Å². The molecule has 0 spiro atoms. The molecule has 2 aromatic rings. The minimum Gasteiger partial charge on any atom is -0.325 e. The molecule has 0 atom stereocenters. The van der Waals surface area contributed by atoms with E-state index in [4.69, 9.17) is 5.26 Å². The Morgan fingerprint density at radius 1 is 1.08 bits per heavy atom. The van der Waals surface area contributed by atoms with Gasteiger partial charge >= 0.3 is 0 Å². The van der Waals surface area contributed by atoms with Gasteiger partial charge in [0.05, 0.1) is 22.9 Å². The number of benzene rings is 2. The predicted octanol–water partition coefficient (Wildman–Crippen LogP) is 2.65. The van der Waals surface area contributed by atoms with Crippen LogP contribution in [0.2, 0.25) is 0 Å². The average molecular weight is 319 g/mol. The molecular weight excluding hydrogens is 306 g/mol. The van der Waals surface area contributed by atoms with Gasteiger partial charge in [0.15, 0.2) is 0 Å². The number of carbonyl (C=O) groups excluding carboxylic acids is 3. The van der Waals surface area contributed by atoms with Crippen LogP contribution in [-0.4, -0.2) is 17.7 Å². The van der Waals surface area contributed by atoms with Crippen LogP contribution in [0.15, 0.2) is 42.5 Å². The highest BCUT2D eigenvalue weighted by molar-refractivity contribution is 6.34. The quantitative estimate of drug-likeness (QED) is 0.881. The van der Waals surface area contributed by atoms with Gasteiger partial charge in [0.1, 0.15) is 6.42 Å². The highest BCUT2D eigenvalue weighted by atomic mass is 16.2. The van der Waals surface area contributed by atoms with Crippen LogP contribution in [-0.2, 0) is 4.79 Å². The third-order valence-electron chi connectivity index (χ3n) is 3.70. The first-order valence-corrected chi connectivity index (χ1v) is 7.27. The number of rotatable bonds is 3. The average Bonchev–Trinajstić information content (AvgIpc) is 2.80. The van der Waals surface area contributed by atoms with Crippen molar-refractivity contribution < 1.29 is 14.4 Å². The third-order valence-corrected chi connectivity index (χ3v) is 3.70. The maximum atomic E-state index is 12.6. The van der Waals surface area contributed by atoms with E-state index in [1.165, 1.54) is 18.2 Å². The molecule has 1 aliphatic heterocycles. The minimum absolute atomic E-state index is 0.232. The molecule has 0 saturated carbocycles. The summed E-state index contributed by atoms with van der Waals surface area (Å²) in [6, 6.07) is 13.3. The van der Waals surface area contributed by atoms with Crippen LogP contribution in [0.1, 0.15) is 32.7 Å². The summed E-state index contributed by atoms with van der Waals surface area (Å²) in [4.78, 5) is 37.7. The second-order valence-electron chi connectivity index (χ2n) is 5.42. The van der Waals surface area contributed by atoms with E-state index in [-0.39, 0.29) is 12.0 Å². The van der Waals surface area contributed by atoms with Gasteiger partial charge in [0.25, 0.3) is 11.8 Å². The first-order valence-electron chi connectivity index (χ1n) is 7.27. The number of nitriles is 1. The summed E-state index contributed by atoms with van der Waals surface area (Å²) in [5.41, 5.74) is 2.43. The smallest absolute Gasteiger partial charge is 0.266 e. The van der Waals surface area contributed by atoms with Gasteiger partial charge < -0.3 is 5.32 Å². The molecule has 0 aromatic heterocycles. The Hall–Kier alpha value is -3.46. The van der Waals surface area contributed by atoms with Crippen molar-refractivity contribution in [2.75, 3.05) is 10.2 Å². The lowest BCUT2D eigenvalue weighted by molar-refractivity contribution is -0.115. The van der Waals surface area contributed by atoms with Gasteiger partial charge in [-0.3, -0.25) is 14.4 Å². The van der Waals surface area contributed by atoms with Gasteiger partial charge in [-0.25, -0.2) is 4.90 Å². The third kappa shape index (κ3) is 2.63. The molecule has 2 aromatic carbocycles. The number of hydrogen-bond acceptors (Lipinski definition) is 4. The zero-order chi connectivity index (χ0) is 17.3. The van der Waals surface area contributed by atoms with Crippen molar-refractivity contribution >= 4 is 29.1 Å². The molecule has 0 unspecified atom stereocenters. The SMILES string of the molecule is Cc1ccc(N2C(=O)c3ccc(NC(=O)CC#N)cc3C2=O)cc1. The number of carbonyl (C=O) groups is 3. The van der Waals surface area contributed by atoms with E-state index in [0.29, 0.717) is 16.9 Å². The maximum Gasteiger partial charge on any atom is 0.266 e. The molecule has 1 heterocycles. The molecule has 3 rings (SSSR count). The monoisotopic (exact) mass is 319 g/mol. The topological polar surface area (TPSA) is 90.3 Å². The molecule has 0 saturated heterocycles. The Morgan fingerprint density at radius 2 is 1.75 bits per heavy atom. The number of fused-ring (bicyclic) bond motifs is 1. The Kier molecular flexibility index (Phi) is 3.84. The molecule has 118 valence electrons. The van der Waals surface area contributed by atoms with Crippen molar-refractivity contribution in [2.24, 2.45) is 0 Å². The lowest BCUT2D eigenvalue weighted by Crippen LogP contribution is -2.29. The molecule has 6 heteroatoms. The van der Waals surface area contributed by atoms with Gasteiger partial charge in [0.2, 0.25) is 5.91 Å². The summed E-state index contributed by atoms with van der Waals surface area (Å²) in [6.45, 7) is 1.92. The van der Waals surface area contributed by atoms with Crippen LogP contribution in [0, 0.1) is 18.3 Å². The molecule has 6 nitrogen and oxygen atoms in total. The lowest BCUT2D eigenvalue weighted by atomic mass is 10.1. The summed E-state index contributed by atoms with van der Waals surface area (Å²) < 4.78 is 0. The van der Waals surface area contributed by atoms with Crippen LogP contribution in [0.3, 0.4) is 0 Å². The second-order valence-corrected chi connectivity index (χ2v) is 5.42. The number of nitrogens with zero attached hydrogens (tertiary/aromatic N) is 2. The number of hydrogen-bond donors (Lipinski definition) is 1. The molecule has 1 N–H and O–H groups in total. The summed E-state index contributed by atoms with van der Waals surface area (Å²) >= 11 is 0. The minimum atomic E-state index is -0.468. The second kappa shape index (κ2) is 5.97. The van der Waals surface area contributed by atoms with Gasteiger partial charge in [-0.2, -0.15) is 5.26 Å². The lowest BCUT2D eigenvalue weighted by Gasteiger charge is -2.13. The molecule has 0 aliphatic carbocycles. The van der Waals surface area contributed by atoms with Crippen molar-refractivity contribution in [1.82, 2.24) is 0 Å². The fourth-order valence-corrected chi connectivity index (χ4v) is 2.52. The molecule has 3 amide bonds. The molecule has 24 heavy (non-hydrogen) atoms. The highest BCUT2D eigenvalue weighted by Gasteiger charge is 2.36. The van der Waals surface area contributed by atoms with E-state index in [9.17, 15) is 14.4 Å². The predicted molar refractivity (Wildman–Crippen MR) is 87.6 cm³/mol. The van der Waals surface area contributed by atoms with E-state index in [1.54, 1.807) is 18.2 Å². The van der Waals surface area contributed by atoms with Gasteiger partial charge in [-0.15, -0.1) is 0 Å². The maximum absolute atomic E-state index is 12.6. The van der Waals surface area contributed by atoms with Gasteiger partial charge in [-0.1, -0.05) is 17.7 Å². The Balaban J connectivity index is 1.93. The van der Waals surface area contributed by atoms with E-state index < -0.39 is 17.7 Å². The van der Waals surface area contributed by atoms with Crippen molar-refractivity contribution in [3.63, 3.8) is 0 Å². The normalized spacial score (nSPS) is 12.8. The van der Waals surface area contributed by atoms with Crippen molar-refractivity contribution in [3.05, 3.63) is 59.2 Å². The van der Waals surface area contributed by atoms with E-state index in [0.717, 1.165) is 10.5 Å². The molecular formula is C18H13N3O3. The van der Waals surface area contributed by atoms with Crippen LogP contribution in [0.5, 0.6) is 0 Å². The van der Waals surface area contributed by atoms with Crippen LogP contribution >= 0.6 is 0 Å². The number of amides is 3. The Bertz CT molecular complexity index is 895. The zero-order valence-corrected chi connectivity index (χ0v) is 12.9. The fraction of sp³-hybridized carbons (Fsp3) is 0.111. The molecule has 0 bridgehead atoms. The van der Waals surface area contributed by atoms with Crippen molar-refractivity contribution in [1.29, 1.82) is 5.26 Å². The van der Waals surface area contributed by atoms with E-state index in [1.807, 2.05) is 19.1 Å². The Morgan fingerprint density at radius 3 is 2.42 bits per heavy atom. The van der Waals surface area contributed by atoms with Crippen molar-refractivity contribution in [2.45, 2.75) is 13.3 Å². The van der Waals surface area contributed by atoms with Gasteiger partial charge in [0, 0.05) is 5.69 Å². The molecule has 0 fully saturated rings. The number of imide groups is 1. The standard InChI is InChI=1S/C18H13N3O3/c1-11-2-5-13(6-3-11)21-17(23)14-7-4-12(10-15(14)18(21)24)20-16(22)8-9-19/h2-7,10H,8H2,1H3,(H,20,22). The van der Waals surface area contributed by atoms with Crippen LogP contribution < -0.4 is 10.2 Å². The number of nitrogens with one attached hydrogen (secondary N) is 1. The van der Waals surface area contributed by atoms with E-state index >= 15 is 0 Å². The largest absolute Gasteiger partial charge is 0.325 e. The molecule has 1 aliphatic rings. The van der Waals surface area contributed by atoms with Crippen LogP contribution in [0.25, 0.3) is 0 Å². The summed E-state index contributed by atoms with van der Waals surface area (Å²) in [6.07, 6.45) is -0.278.